The average Bonchev–Trinajstić information content (AvgIpc) is 2.68. The van der Waals surface area contributed by atoms with Crippen LogP contribution in [-0.4, -0.2) is 32.2 Å². The van der Waals surface area contributed by atoms with E-state index in [0.717, 1.165) is 4.47 Å². The lowest BCUT2D eigenvalue weighted by Crippen LogP contribution is -2.39. The highest BCUT2D eigenvalue weighted by atomic mass is 79.9. The smallest absolute Gasteiger partial charge is 0.252 e. The third-order valence-corrected chi connectivity index (χ3v) is 4.65. The number of halogens is 1. The summed E-state index contributed by atoms with van der Waals surface area (Å²) in [5.41, 5.74) is 3.71. The number of nitrogens with one attached hydrogen (secondary N) is 2. The minimum absolute atomic E-state index is 0.219. The number of carbonyl (C=O) groups excluding carboxylic acids is 2. The van der Waals surface area contributed by atoms with Gasteiger partial charge in [0.25, 0.3) is 5.91 Å². The van der Waals surface area contributed by atoms with E-state index in [4.69, 9.17) is 9.47 Å². The normalized spacial score (nSPS) is 11.9. The van der Waals surface area contributed by atoms with E-state index in [1.54, 1.807) is 58.4 Å². The van der Waals surface area contributed by atoms with Crippen LogP contribution in [0.4, 0.5) is 5.69 Å². The second-order valence-electron chi connectivity index (χ2n) is 6.56. The van der Waals surface area contributed by atoms with Crippen LogP contribution in [0.1, 0.15) is 19.4 Å². The molecule has 0 fully saturated rings. The lowest BCUT2D eigenvalue weighted by atomic mass is 9.94. The van der Waals surface area contributed by atoms with Gasteiger partial charge in [0.1, 0.15) is 17.4 Å². The van der Waals surface area contributed by atoms with Crippen LogP contribution < -0.4 is 20.2 Å². The van der Waals surface area contributed by atoms with Crippen LogP contribution in [0.5, 0.6) is 11.5 Å². The van der Waals surface area contributed by atoms with Crippen LogP contribution in [0.3, 0.4) is 0 Å². The standard InChI is InChI=1S/C21H24BrN3O4/c1-13(2)19(20(26)24-16-6-8-17(28-3)9-7-16)21(27)25-23-12-14-11-15(22)5-10-18(14)29-4/h5-13,19H,1-4H3,(H,24,26)(H,25,27). The average molecular weight is 462 g/mol. The van der Waals surface area contributed by atoms with Crippen LogP contribution in [-0.2, 0) is 9.59 Å². The van der Waals surface area contributed by atoms with Gasteiger partial charge in [-0.2, -0.15) is 5.10 Å². The van der Waals surface area contributed by atoms with E-state index in [1.807, 2.05) is 12.1 Å². The zero-order chi connectivity index (χ0) is 21.4. The number of hydrogen-bond donors (Lipinski definition) is 2. The van der Waals surface area contributed by atoms with E-state index in [9.17, 15) is 9.59 Å². The molecule has 2 N–H and O–H groups in total. The summed E-state index contributed by atoms with van der Waals surface area (Å²) < 4.78 is 11.2. The zero-order valence-electron chi connectivity index (χ0n) is 16.7. The quantitative estimate of drug-likeness (QED) is 0.355. The number of amides is 2. The molecule has 0 radical (unpaired) electrons. The van der Waals surface area contributed by atoms with Crippen molar-refractivity contribution in [3.63, 3.8) is 0 Å². The maximum Gasteiger partial charge on any atom is 0.252 e. The number of nitrogens with zero attached hydrogens (tertiary/aromatic N) is 1. The van der Waals surface area contributed by atoms with Gasteiger partial charge in [0, 0.05) is 15.7 Å². The number of anilines is 1. The second kappa shape index (κ2) is 10.6. The summed E-state index contributed by atoms with van der Waals surface area (Å²) in [7, 11) is 3.12. The first-order valence-electron chi connectivity index (χ1n) is 8.97. The molecule has 29 heavy (non-hydrogen) atoms. The van der Waals surface area contributed by atoms with Crippen LogP contribution in [0.2, 0.25) is 0 Å². The Morgan fingerprint density at radius 3 is 2.31 bits per heavy atom. The van der Waals surface area contributed by atoms with Crippen molar-refractivity contribution in [2.24, 2.45) is 16.9 Å². The van der Waals surface area contributed by atoms with Gasteiger partial charge in [0.15, 0.2) is 0 Å². The monoisotopic (exact) mass is 461 g/mol. The van der Waals surface area contributed by atoms with Crippen molar-refractivity contribution in [3.8, 4) is 11.5 Å². The first-order chi connectivity index (χ1) is 13.8. The number of methoxy groups -OCH3 is 2. The Balaban J connectivity index is 2.06. The lowest BCUT2D eigenvalue weighted by molar-refractivity contribution is -0.134. The molecular formula is C21H24BrN3O4. The second-order valence-corrected chi connectivity index (χ2v) is 7.48. The summed E-state index contributed by atoms with van der Waals surface area (Å²) in [6.07, 6.45) is 1.47. The first kappa shape index (κ1) is 22.4. The zero-order valence-corrected chi connectivity index (χ0v) is 18.3. The third kappa shape index (κ3) is 6.32. The van der Waals surface area contributed by atoms with Gasteiger partial charge in [-0.3, -0.25) is 9.59 Å². The van der Waals surface area contributed by atoms with Crippen molar-refractivity contribution in [1.29, 1.82) is 0 Å². The number of ether oxygens (including phenoxy) is 2. The van der Waals surface area contributed by atoms with Crippen molar-refractivity contribution in [3.05, 3.63) is 52.5 Å². The molecule has 0 saturated heterocycles. The number of hydrazone groups is 1. The molecule has 1 unspecified atom stereocenters. The molecule has 0 aliphatic rings. The van der Waals surface area contributed by atoms with Crippen molar-refractivity contribution in [2.45, 2.75) is 13.8 Å². The van der Waals surface area contributed by atoms with Crippen LogP contribution in [0.15, 0.2) is 52.0 Å². The summed E-state index contributed by atoms with van der Waals surface area (Å²) in [4.78, 5) is 25.2. The molecule has 2 amide bonds. The highest BCUT2D eigenvalue weighted by molar-refractivity contribution is 9.10. The molecule has 7 nitrogen and oxygen atoms in total. The van der Waals surface area contributed by atoms with E-state index in [1.165, 1.54) is 6.21 Å². The molecule has 0 bridgehead atoms. The van der Waals surface area contributed by atoms with Crippen molar-refractivity contribution < 1.29 is 19.1 Å². The minimum atomic E-state index is -0.904. The topological polar surface area (TPSA) is 89.0 Å². The molecule has 1 atom stereocenters. The van der Waals surface area contributed by atoms with Crippen molar-refractivity contribution in [2.75, 3.05) is 19.5 Å². The van der Waals surface area contributed by atoms with E-state index in [2.05, 4.69) is 31.8 Å². The predicted molar refractivity (Wildman–Crippen MR) is 116 cm³/mol. The van der Waals surface area contributed by atoms with Gasteiger partial charge in [0.2, 0.25) is 5.91 Å². The molecule has 0 saturated carbocycles. The fourth-order valence-corrected chi connectivity index (χ4v) is 3.04. The van der Waals surface area contributed by atoms with E-state index in [-0.39, 0.29) is 5.92 Å². The first-order valence-corrected chi connectivity index (χ1v) is 9.76. The van der Waals surface area contributed by atoms with E-state index >= 15 is 0 Å². The van der Waals surface area contributed by atoms with Crippen molar-refractivity contribution in [1.82, 2.24) is 5.43 Å². The Morgan fingerprint density at radius 2 is 1.72 bits per heavy atom. The van der Waals surface area contributed by atoms with Crippen molar-refractivity contribution >= 4 is 39.6 Å². The Labute approximate surface area is 178 Å². The summed E-state index contributed by atoms with van der Waals surface area (Å²) in [5, 5.41) is 6.74. The van der Waals surface area contributed by atoms with Gasteiger partial charge in [-0.05, 0) is 48.4 Å². The molecule has 8 heteroatoms. The third-order valence-electron chi connectivity index (χ3n) is 4.16. The SMILES string of the molecule is COc1ccc(NC(=O)C(C(=O)NN=Cc2cc(Br)ccc2OC)C(C)C)cc1. The molecule has 2 aromatic carbocycles. The van der Waals surface area contributed by atoms with E-state index < -0.39 is 17.7 Å². The minimum Gasteiger partial charge on any atom is -0.497 e. The molecule has 0 aliphatic carbocycles. The molecular weight excluding hydrogens is 438 g/mol. The molecule has 154 valence electrons. The molecule has 2 aromatic rings. The van der Waals surface area contributed by atoms with E-state index in [0.29, 0.717) is 22.7 Å². The summed E-state index contributed by atoms with van der Waals surface area (Å²) in [6, 6.07) is 12.3. The molecule has 0 aromatic heterocycles. The largest absolute Gasteiger partial charge is 0.497 e. The maximum atomic E-state index is 12.6. The fraction of sp³-hybridized carbons (Fsp3) is 0.286. The van der Waals surface area contributed by atoms with Gasteiger partial charge < -0.3 is 14.8 Å². The highest BCUT2D eigenvalue weighted by Crippen LogP contribution is 2.21. The Morgan fingerprint density at radius 1 is 1.03 bits per heavy atom. The number of carbonyl (C=O) groups is 2. The number of hydrogen-bond acceptors (Lipinski definition) is 5. The van der Waals surface area contributed by atoms with Crippen LogP contribution >= 0.6 is 15.9 Å². The van der Waals surface area contributed by atoms with Gasteiger partial charge in [-0.1, -0.05) is 29.8 Å². The summed E-state index contributed by atoms with van der Waals surface area (Å²) in [5.74, 6) is -0.723. The molecule has 2 rings (SSSR count). The fourth-order valence-electron chi connectivity index (χ4n) is 2.66. The Hall–Kier alpha value is -2.87. The predicted octanol–water partition coefficient (Wildman–Crippen LogP) is 3.83. The summed E-state index contributed by atoms with van der Waals surface area (Å²) >= 11 is 3.38. The Kier molecular flexibility index (Phi) is 8.21. The van der Waals surface area contributed by atoms with Gasteiger partial charge in [0.05, 0.1) is 20.4 Å². The Bertz CT molecular complexity index is 882. The van der Waals surface area contributed by atoms with Gasteiger partial charge in [-0.25, -0.2) is 5.43 Å². The molecule has 0 aliphatic heterocycles. The maximum absolute atomic E-state index is 12.6. The van der Waals surface area contributed by atoms with Crippen LogP contribution in [0.25, 0.3) is 0 Å². The highest BCUT2D eigenvalue weighted by Gasteiger charge is 2.30. The van der Waals surface area contributed by atoms with Crippen LogP contribution in [0, 0.1) is 11.8 Å². The van der Waals surface area contributed by atoms with Gasteiger partial charge >= 0.3 is 0 Å². The number of benzene rings is 2. The lowest BCUT2D eigenvalue weighted by Gasteiger charge is -2.18. The molecule has 0 heterocycles. The number of rotatable bonds is 8. The van der Waals surface area contributed by atoms with Gasteiger partial charge in [-0.15, -0.1) is 0 Å². The summed E-state index contributed by atoms with van der Waals surface area (Å²) in [6.45, 7) is 3.61. The molecule has 0 spiro atoms.